The normalized spacial score (nSPS) is 27.3. The molecule has 0 aromatic heterocycles. The lowest BCUT2D eigenvalue weighted by atomic mass is 9.85. The lowest BCUT2D eigenvalue weighted by Gasteiger charge is -2.34. The van der Waals surface area contributed by atoms with Crippen molar-refractivity contribution in [2.75, 3.05) is 11.4 Å². The summed E-state index contributed by atoms with van der Waals surface area (Å²) in [5.74, 6) is 0.851. The highest BCUT2D eigenvalue weighted by molar-refractivity contribution is 6.31. The van der Waals surface area contributed by atoms with Crippen molar-refractivity contribution in [2.24, 2.45) is 5.92 Å². The minimum atomic E-state index is 0.0306. The number of aliphatic hydroxyl groups excluding tert-OH is 1. The maximum Gasteiger partial charge on any atom is 0.0716 e. The first-order valence-corrected chi connectivity index (χ1v) is 7.34. The monoisotopic (exact) mass is 265 g/mol. The van der Waals surface area contributed by atoms with Crippen LogP contribution in [-0.2, 0) is 6.61 Å². The first-order chi connectivity index (χ1) is 8.81. The van der Waals surface area contributed by atoms with Gasteiger partial charge in [-0.3, -0.25) is 0 Å². The van der Waals surface area contributed by atoms with E-state index in [2.05, 4.69) is 11.0 Å². The van der Waals surface area contributed by atoms with Gasteiger partial charge >= 0.3 is 0 Å². The molecule has 2 fully saturated rings. The molecule has 1 aliphatic heterocycles. The van der Waals surface area contributed by atoms with Crippen LogP contribution in [0, 0.1) is 5.92 Å². The quantitative estimate of drug-likeness (QED) is 0.883. The summed E-state index contributed by atoms with van der Waals surface area (Å²) in [6.07, 6.45) is 6.68. The van der Waals surface area contributed by atoms with E-state index in [9.17, 15) is 5.11 Å². The Labute approximate surface area is 114 Å². The fourth-order valence-electron chi connectivity index (χ4n) is 3.68. The fraction of sp³-hybridized carbons (Fsp3) is 0.600. The van der Waals surface area contributed by atoms with Crippen molar-refractivity contribution in [3.05, 3.63) is 28.8 Å². The van der Waals surface area contributed by atoms with E-state index in [0.29, 0.717) is 11.1 Å². The molecule has 0 radical (unpaired) electrons. The third-order valence-electron chi connectivity index (χ3n) is 4.57. The average molecular weight is 266 g/mol. The van der Waals surface area contributed by atoms with Gasteiger partial charge in [0, 0.05) is 28.9 Å². The van der Waals surface area contributed by atoms with Gasteiger partial charge in [-0.05, 0) is 37.3 Å². The summed E-state index contributed by atoms with van der Waals surface area (Å²) in [7, 11) is 0. The molecule has 1 aromatic rings. The number of aliphatic hydroxyl groups is 1. The van der Waals surface area contributed by atoms with Gasteiger partial charge in [0.25, 0.3) is 0 Å². The second-order valence-corrected chi connectivity index (χ2v) is 5.90. The van der Waals surface area contributed by atoms with Crippen LogP contribution in [0.25, 0.3) is 0 Å². The van der Waals surface area contributed by atoms with Gasteiger partial charge in [-0.25, -0.2) is 0 Å². The number of fused-ring (bicyclic) bond motifs is 1. The Morgan fingerprint density at radius 3 is 2.89 bits per heavy atom. The third-order valence-corrected chi connectivity index (χ3v) is 4.93. The number of benzene rings is 1. The number of rotatable bonds is 2. The van der Waals surface area contributed by atoms with E-state index >= 15 is 0 Å². The highest BCUT2D eigenvalue weighted by Crippen LogP contribution is 2.40. The minimum Gasteiger partial charge on any atom is -0.392 e. The van der Waals surface area contributed by atoms with Gasteiger partial charge < -0.3 is 10.0 Å². The number of anilines is 1. The molecule has 3 heteroatoms. The summed E-state index contributed by atoms with van der Waals surface area (Å²) in [6, 6.07) is 6.63. The van der Waals surface area contributed by atoms with Crippen molar-refractivity contribution < 1.29 is 5.11 Å². The van der Waals surface area contributed by atoms with Crippen molar-refractivity contribution in [3.63, 3.8) is 0 Å². The van der Waals surface area contributed by atoms with Gasteiger partial charge in [0.2, 0.25) is 0 Å². The first kappa shape index (κ1) is 12.3. The zero-order chi connectivity index (χ0) is 12.5. The molecule has 1 saturated heterocycles. The number of nitrogens with zero attached hydrogens (tertiary/aromatic N) is 1. The summed E-state index contributed by atoms with van der Waals surface area (Å²) < 4.78 is 0. The Bertz CT molecular complexity index is 435. The van der Waals surface area contributed by atoms with E-state index in [1.807, 2.05) is 12.1 Å². The molecular formula is C15H20ClNO. The van der Waals surface area contributed by atoms with Gasteiger partial charge in [-0.2, -0.15) is 0 Å². The number of halogens is 1. The Morgan fingerprint density at radius 2 is 2.06 bits per heavy atom. The molecule has 1 aromatic carbocycles. The van der Waals surface area contributed by atoms with Crippen LogP contribution in [0.4, 0.5) is 5.69 Å². The highest BCUT2D eigenvalue weighted by atomic mass is 35.5. The molecule has 2 nitrogen and oxygen atoms in total. The van der Waals surface area contributed by atoms with Gasteiger partial charge in [0.1, 0.15) is 0 Å². The van der Waals surface area contributed by atoms with Gasteiger partial charge in [0.05, 0.1) is 6.61 Å². The topological polar surface area (TPSA) is 23.5 Å². The van der Waals surface area contributed by atoms with Crippen LogP contribution < -0.4 is 4.90 Å². The molecule has 3 rings (SSSR count). The van der Waals surface area contributed by atoms with Crippen LogP contribution in [0.1, 0.15) is 37.7 Å². The molecule has 0 amide bonds. The van der Waals surface area contributed by atoms with E-state index < -0.39 is 0 Å². The van der Waals surface area contributed by atoms with Crippen LogP contribution in [-0.4, -0.2) is 17.7 Å². The maximum absolute atomic E-state index is 9.54. The largest absolute Gasteiger partial charge is 0.392 e. The second kappa shape index (κ2) is 5.10. The van der Waals surface area contributed by atoms with E-state index in [0.717, 1.165) is 23.7 Å². The van der Waals surface area contributed by atoms with Crippen molar-refractivity contribution in [2.45, 2.75) is 44.8 Å². The molecule has 1 N–H and O–H groups in total. The Hall–Kier alpha value is -0.730. The standard InChI is InChI=1S/C15H20ClNO/c16-13-5-3-7-15(12(13)10-18)17-9-8-11-4-1-2-6-14(11)17/h3,5,7,11,14,18H,1-2,4,6,8-10H2. The van der Waals surface area contributed by atoms with Crippen LogP contribution >= 0.6 is 11.6 Å². The average Bonchev–Trinajstić information content (AvgIpc) is 2.82. The van der Waals surface area contributed by atoms with Crippen molar-refractivity contribution in [1.29, 1.82) is 0 Å². The molecule has 0 bridgehead atoms. The molecule has 1 aliphatic carbocycles. The molecule has 98 valence electrons. The summed E-state index contributed by atoms with van der Waals surface area (Å²) in [4.78, 5) is 2.49. The SMILES string of the molecule is OCc1c(Cl)cccc1N1CCC2CCCCC21. The minimum absolute atomic E-state index is 0.0306. The molecule has 1 saturated carbocycles. The van der Waals surface area contributed by atoms with Gasteiger partial charge in [-0.1, -0.05) is 30.5 Å². The van der Waals surface area contributed by atoms with Crippen LogP contribution in [0.15, 0.2) is 18.2 Å². The number of hydrogen-bond donors (Lipinski definition) is 1. The van der Waals surface area contributed by atoms with Crippen molar-refractivity contribution in [1.82, 2.24) is 0 Å². The van der Waals surface area contributed by atoms with Gasteiger partial charge in [0.15, 0.2) is 0 Å². The van der Waals surface area contributed by atoms with E-state index in [4.69, 9.17) is 11.6 Å². The van der Waals surface area contributed by atoms with Gasteiger partial charge in [-0.15, -0.1) is 0 Å². The smallest absolute Gasteiger partial charge is 0.0716 e. The summed E-state index contributed by atoms with van der Waals surface area (Å²) >= 11 is 6.20. The second-order valence-electron chi connectivity index (χ2n) is 5.49. The predicted molar refractivity (Wildman–Crippen MR) is 75.1 cm³/mol. The van der Waals surface area contributed by atoms with Crippen molar-refractivity contribution >= 4 is 17.3 Å². The van der Waals surface area contributed by atoms with E-state index in [1.54, 1.807) is 0 Å². The van der Waals surface area contributed by atoms with Crippen LogP contribution in [0.2, 0.25) is 5.02 Å². The Morgan fingerprint density at radius 1 is 1.22 bits per heavy atom. The maximum atomic E-state index is 9.54. The van der Waals surface area contributed by atoms with E-state index in [-0.39, 0.29) is 6.61 Å². The first-order valence-electron chi connectivity index (χ1n) is 6.96. The summed E-state index contributed by atoms with van der Waals surface area (Å²) in [5, 5.41) is 10.2. The summed E-state index contributed by atoms with van der Waals surface area (Å²) in [6.45, 7) is 1.14. The summed E-state index contributed by atoms with van der Waals surface area (Å²) in [5.41, 5.74) is 2.05. The lowest BCUT2D eigenvalue weighted by molar-refractivity contribution is 0.281. The highest BCUT2D eigenvalue weighted by Gasteiger charge is 2.36. The molecule has 2 unspecified atom stereocenters. The predicted octanol–water partition coefficient (Wildman–Crippen LogP) is 3.60. The molecular weight excluding hydrogens is 246 g/mol. The zero-order valence-corrected chi connectivity index (χ0v) is 11.4. The third kappa shape index (κ3) is 2.02. The van der Waals surface area contributed by atoms with E-state index in [1.165, 1.54) is 32.1 Å². The fourth-order valence-corrected chi connectivity index (χ4v) is 3.91. The Kier molecular flexibility index (Phi) is 3.49. The molecule has 1 heterocycles. The Balaban J connectivity index is 1.93. The van der Waals surface area contributed by atoms with Crippen molar-refractivity contribution in [3.8, 4) is 0 Å². The lowest BCUT2D eigenvalue weighted by Crippen LogP contribution is -2.35. The molecule has 2 aliphatic rings. The molecule has 0 spiro atoms. The zero-order valence-electron chi connectivity index (χ0n) is 10.6. The van der Waals surface area contributed by atoms with Crippen LogP contribution in [0.5, 0.6) is 0 Å². The molecule has 2 atom stereocenters. The molecule has 18 heavy (non-hydrogen) atoms. The van der Waals surface area contributed by atoms with Crippen LogP contribution in [0.3, 0.4) is 0 Å². The number of hydrogen-bond acceptors (Lipinski definition) is 2.